The number of hydrogen-bond donors (Lipinski definition) is 1. The Morgan fingerprint density at radius 1 is 1.00 bits per heavy atom. The Morgan fingerprint density at radius 2 is 1.65 bits per heavy atom. The summed E-state index contributed by atoms with van der Waals surface area (Å²) >= 11 is 6.60. The average Bonchev–Trinajstić information content (AvgIpc) is 2.64. The molecule has 0 aliphatic carbocycles. The topological polar surface area (TPSA) is 58.4 Å². The summed E-state index contributed by atoms with van der Waals surface area (Å²) in [5.41, 5.74) is 0.607. The SMILES string of the molecule is O=C(OCCOCCOCC[NH+]1CCOCC1)c1cc(I)cc(I)c1I. The molecule has 1 aromatic carbocycles. The number of rotatable bonds is 10. The van der Waals surface area contributed by atoms with E-state index in [1.54, 1.807) is 0 Å². The van der Waals surface area contributed by atoms with Crippen molar-refractivity contribution in [1.82, 2.24) is 0 Å². The van der Waals surface area contributed by atoms with Gasteiger partial charge in [-0.2, -0.15) is 0 Å². The van der Waals surface area contributed by atoms with Gasteiger partial charge in [0.2, 0.25) is 0 Å². The number of morpholine rings is 1. The summed E-state index contributed by atoms with van der Waals surface area (Å²) in [4.78, 5) is 13.7. The molecule has 0 aromatic heterocycles. The summed E-state index contributed by atoms with van der Waals surface area (Å²) in [7, 11) is 0. The highest BCUT2D eigenvalue weighted by molar-refractivity contribution is 14.1. The van der Waals surface area contributed by atoms with Crippen molar-refractivity contribution < 1.29 is 28.6 Å². The number of halogens is 3. The molecule has 26 heavy (non-hydrogen) atoms. The van der Waals surface area contributed by atoms with Crippen molar-refractivity contribution in [3.05, 3.63) is 28.4 Å². The molecule has 1 aliphatic heterocycles. The van der Waals surface area contributed by atoms with Crippen LogP contribution in [-0.2, 0) is 18.9 Å². The van der Waals surface area contributed by atoms with Crippen molar-refractivity contribution >= 4 is 73.7 Å². The lowest BCUT2D eigenvalue weighted by Crippen LogP contribution is -3.14. The third kappa shape index (κ3) is 8.39. The molecule has 9 heteroatoms. The Balaban J connectivity index is 1.50. The Kier molecular flexibility index (Phi) is 11.5. The fourth-order valence-corrected chi connectivity index (χ4v) is 4.80. The van der Waals surface area contributed by atoms with E-state index in [1.807, 2.05) is 12.1 Å². The van der Waals surface area contributed by atoms with Gasteiger partial charge in [-0.1, -0.05) is 0 Å². The van der Waals surface area contributed by atoms with E-state index in [9.17, 15) is 4.79 Å². The van der Waals surface area contributed by atoms with E-state index in [1.165, 1.54) is 4.90 Å². The van der Waals surface area contributed by atoms with E-state index in [4.69, 9.17) is 18.9 Å². The van der Waals surface area contributed by atoms with Crippen molar-refractivity contribution in [1.29, 1.82) is 0 Å². The lowest BCUT2D eigenvalue weighted by molar-refractivity contribution is -0.908. The second kappa shape index (κ2) is 13.0. The molecule has 1 saturated heterocycles. The summed E-state index contributed by atoms with van der Waals surface area (Å²) in [6.07, 6.45) is 0. The molecule has 1 fully saturated rings. The maximum absolute atomic E-state index is 12.2. The zero-order chi connectivity index (χ0) is 18.8. The lowest BCUT2D eigenvalue weighted by Gasteiger charge is -2.23. The van der Waals surface area contributed by atoms with Crippen LogP contribution in [0, 0.1) is 10.7 Å². The molecule has 1 aromatic rings. The molecule has 146 valence electrons. The molecular formula is C17H23I3NO5+. The second-order valence-electron chi connectivity index (χ2n) is 5.72. The molecule has 0 saturated carbocycles. The van der Waals surface area contributed by atoms with Crippen molar-refractivity contribution in [2.75, 3.05) is 65.9 Å². The molecule has 2 rings (SSSR count). The van der Waals surface area contributed by atoms with Crippen molar-refractivity contribution in [2.24, 2.45) is 0 Å². The Hall–Kier alpha value is 0.720. The minimum atomic E-state index is -0.306. The van der Waals surface area contributed by atoms with Gasteiger partial charge in [0.1, 0.15) is 26.2 Å². The first kappa shape index (κ1) is 23.0. The Labute approximate surface area is 195 Å². The molecule has 0 bridgehead atoms. The molecule has 0 unspecified atom stereocenters. The number of esters is 1. The molecule has 6 nitrogen and oxygen atoms in total. The fraction of sp³-hybridized carbons (Fsp3) is 0.588. The van der Waals surface area contributed by atoms with Crippen molar-refractivity contribution in [3.63, 3.8) is 0 Å². The average molecular weight is 702 g/mol. The monoisotopic (exact) mass is 702 g/mol. The molecule has 0 atom stereocenters. The van der Waals surface area contributed by atoms with Gasteiger partial charge < -0.3 is 23.8 Å². The van der Waals surface area contributed by atoms with E-state index in [0.717, 1.165) is 50.2 Å². The first-order chi connectivity index (χ1) is 12.6. The van der Waals surface area contributed by atoms with Gasteiger partial charge >= 0.3 is 5.97 Å². The van der Waals surface area contributed by atoms with E-state index in [-0.39, 0.29) is 12.6 Å². The number of carbonyl (C=O) groups excluding carboxylic acids is 1. The molecule has 0 spiro atoms. The molecule has 1 heterocycles. The van der Waals surface area contributed by atoms with Crippen LogP contribution < -0.4 is 4.90 Å². The van der Waals surface area contributed by atoms with E-state index in [2.05, 4.69) is 67.8 Å². The van der Waals surface area contributed by atoms with Gasteiger partial charge in [-0.3, -0.25) is 0 Å². The number of ether oxygens (including phenoxy) is 4. The van der Waals surface area contributed by atoms with Gasteiger partial charge in [0.25, 0.3) is 0 Å². The van der Waals surface area contributed by atoms with Crippen LogP contribution >= 0.6 is 67.8 Å². The van der Waals surface area contributed by atoms with Gasteiger partial charge in [0.05, 0.1) is 45.2 Å². The summed E-state index contributed by atoms with van der Waals surface area (Å²) in [5.74, 6) is -0.306. The first-order valence-electron chi connectivity index (χ1n) is 8.46. The number of nitrogens with one attached hydrogen (secondary N) is 1. The van der Waals surface area contributed by atoms with Gasteiger partial charge in [-0.05, 0) is 79.9 Å². The molecular weight excluding hydrogens is 679 g/mol. The second-order valence-corrected chi connectivity index (χ2v) is 9.21. The van der Waals surface area contributed by atoms with Gasteiger partial charge in [0.15, 0.2) is 0 Å². The number of benzene rings is 1. The Bertz CT molecular complexity index is 582. The quantitative estimate of drug-likeness (QED) is 0.174. The van der Waals surface area contributed by atoms with Gasteiger partial charge in [0, 0.05) is 10.7 Å². The summed E-state index contributed by atoms with van der Waals surface area (Å²) < 4.78 is 24.6. The van der Waals surface area contributed by atoms with Gasteiger partial charge in [-0.25, -0.2) is 4.79 Å². The van der Waals surface area contributed by atoms with Gasteiger partial charge in [-0.15, -0.1) is 0 Å². The van der Waals surface area contributed by atoms with Crippen LogP contribution in [-0.4, -0.2) is 71.9 Å². The zero-order valence-corrected chi connectivity index (χ0v) is 20.9. The minimum absolute atomic E-state index is 0.245. The van der Waals surface area contributed by atoms with E-state index >= 15 is 0 Å². The molecule has 0 amide bonds. The summed E-state index contributed by atoms with van der Waals surface area (Å²) in [6, 6.07) is 3.88. The fourth-order valence-electron chi connectivity index (χ4n) is 2.42. The number of carbonyl (C=O) groups is 1. The van der Waals surface area contributed by atoms with Crippen LogP contribution in [0.15, 0.2) is 12.1 Å². The normalized spacial score (nSPS) is 15.2. The Morgan fingerprint density at radius 3 is 2.38 bits per heavy atom. The van der Waals surface area contributed by atoms with E-state index < -0.39 is 0 Å². The highest BCUT2D eigenvalue weighted by atomic mass is 127. The minimum Gasteiger partial charge on any atom is -0.460 e. The summed E-state index contributed by atoms with van der Waals surface area (Å²) in [5, 5.41) is 0. The third-order valence-electron chi connectivity index (χ3n) is 3.85. The van der Waals surface area contributed by atoms with Crippen LogP contribution in [0.5, 0.6) is 0 Å². The standard InChI is InChI=1S/C17H22I3NO5/c18-13-11-14(16(20)15(19)12-13)17(22)26-10-9-25-8-7-24-6-3-21-1-4-23-5-2-21/h11-12H,1-10H2/p+1. The number of hydrogen-bond acceptors (Lipinski definition) is 5. The maximum Gasteiger partial charge on any atom is 0.339 e. The zero-order valence-electron chi connectivity index (χ0n) is 14.4. The predicted octanol–water partition coefficient (Wildman–Crippen LogP) is 1.61. The first-order valence-corrected chi connectivity index (χ1v) is 11.7. The lowest BCUT2D eigenvalue weighted by atomic mass is 10.2. The largest absolute Gasteiger partial charge is 0.460 e. The third-order valence-corrected chi connectivity index (χ3v) is 7.51. The summed E-state index contributed by atoms with van der Waals surface area (Å²) in [6.45, 7) is 7.24. The molecule has 0 radical (unpaired) electrons. The molecule has 1 aliphatic rings. The van der Waals surface area contributed by atoms with Crippen molar-refractivity contribution in [2.45, 2.75) is 0 Å². The van der Waals surface area contributed by atoms with Crippen molar-refractivity contribution in [3.8, 4) is 0 Å². The van der Waals surface area contributed by atoms with Crippen LogP contribution in [0.3, 0.4) is 0 Å². The number of quaternary nitrogens is 1. The van der Waals surface area contributed by atoms with E-state index in [0.29, 0.717) is 25.4 Å². The van der Waals surface area contributed by atoms with Crippen LogP contribution in [0.1, 0.15) is 10.4 Å². The smallest absolute Gasteiger partial charge is 0.339 e. The van der Waals surface area contributed by atoms with Crippen LogP contribution in [0.2, 0.25) is 0 Å². The van der Waals surface area contributed by atoms with Crippen LogP contribution in [0.25, 0.3) is 0 Å². The maximum atomic E-state index is 12.2. The molecule has 1 N–H and O–H groups in total. The highest BCUT2D eigenvalue weighted by Gasteiger charge is 2.15. The van der Waals surface area contributed by atoms with Crippen LogP contribution in [0.4, 0.5) is 0 Å². The predicted molar refractivity (Wildman–Crippen MR) is 123 cm³/mol. The highest BCUT2D eigenvalue weighted by Crippen LogP contribution is 2.23.